The average Bonchev–Trinajstić information content (AvgIpc) is 3.08. The summed E-state index contributed by atoms with van der Waals surface area (Å²) in [6.45, 7) is 4.19. The zero-order valence-electron chi connectivity index (χ0n) is 16.5. The van der Waals surface area contributed by atoms with Crippen molar-refractivity contribution in [2.24, 2.45) is 7.05 Å². The molecule has 0 aliphatic carbocycles. The third kappa shape index (κ3) is 4.56. The Bertz CT molecular complexity index is 876. The number of ether oxygens (including phenoxy) is 1. The third-order valence-corrected chi connectivity index (χ3v) is 7.36. The molecule has 2 fully saturated rings. The van der Waals surface area contributed by atoms with Crippen LogP contribution in [-0.4, -0.2) is 78.3 Å². The molecule has 0 spiro atoms. The van der Waals surface area contributed by atoms with Crippen molar-refractivity contribution in [3.05, 3.63) is 28.2 Å². The van der Waals surface area contributed by atoms with E-state index < -0.39 is 10.2 Å². The van der Waals surface area contributed by atoms with Gasteiger partial charge in [0.15, 0.2) is 12.4 Å². The summed E-state index contributed by atoms with van der Waals surface area (Å²) in [6, 6.07) is 1.47. The molecule has 0 aromatic carbocycles. The van der Waals surface area contributed by atoms with Gasteiger partial charge in [-0.25, -0.2) is 0 Å². The summed E-state index contributed by atoms with van der Waals surface area (Å²) in [5, 5.41) is 0. The number of carbonyl (C=O) groups excluding carboxylic acids is 1. The van der Waals surface area contributed by atoms with Crippen LogP contribution in [0, 0.1) is 6.92 Å². The molecule has 2 saturated heterocycles. The molecule has 10 heteroatoms. The smallest absolute Gasteiger partial charge is 0.282 e. The van der Waals surface area contributed by atoms with E-state index in [1.165, 1.54) is 14.7 Å². The van der Waals surface area contributed by atoms with E-state index in [0.717, 1.165) is 18.5 Å². The molecule has 3 rings (SSSR count). The largest absolute Gasteiger partial charge is 0.478 e. The first-order valence-electron chi connectivity index (χ1n) is 9.62. The average molecular weight is 413 g/mol. The SMILES string of the molecule is Cc1cc(=O)c(OCC(=O)N2CCCN(S(=O)(=O)N3CCCC3)CC2)cn1C. The minimum absolute atomic E-state index is 0.134. The lowest BCUT2D eigenvalue weighted by molar-refractivity contribution is -0.133. The molecule has 0 unspecified atom stereocenters. The summed E-state index contributed by atoms with van der Waals surface area (Å²) in [5.74, 6) is -0.113. The lowest BCUT2D eigenvalue weighted by Crippen LogP contribution is -2.44. The molecule has 3 heterocycles. The van der Waals surface area contributed by atoms with E-state index in [4.69, 9.17) is 4.74 Å². The van der Waals surface area contributed by atoms with E-state index >= 15 is 0 Å². The predicted octanol–water partition coefficient (Wildman–Crippen LogP) is -0.0526. The summed E-state index contributed by atoms with van der Waals surface area (Å²) in [4.78, 5) is 26.1. The maximum absolute atomic E-state index is 12.7. The lowest BCUT2D eigenvalue weighted by Gasteiger charge is -2.26. The van der Waals surface area contributed by atoms with Crippen molar-refractivity contribution in [1.29, 1.82) is 0 Å². The van der Waals surface area contributed by atoms with Crippen molar-refractivity contribution in [2.75, 3.05) is 45.9 Å². The molecule has 1 amide bonds. The Kier molecular flexibility index (Phi) is 6.41. The van der Waals surface area contributed by atoms with Gasteiger partial charge in [0.05, 0.1) is 0 Å². The number of aryl methyl sites for hydroxylation is 2. The van der Waals surface area contributed by atoms with Gasteiger partial charge in [-0.2, -0.15) is 17.0 Å². The van der Waals surface area contributed by atoms with Crippen LogP contribution in [0.4, 0.5) is 0 Å². The molecule has 1 aromatic rings. The van der Waals surface area contributed by atoms with Crippen LogP contribution in [0.25, 0.3) is 0 Å². The molecule has 2 aliphatic heterocycles. The number of rotatable bonds is 5. The standard InChI is InChI=1S/C18H28N4O5S/c1-15-12-16(23)17(13-19(15)2)27-14-18(24)20-6-5-9-22(11-10-20)28(25,26)21-7-3-4-8-21/h12-13H,3-11,14H2,1-2H3. The van der Waals surface area contributed by atoms with Gasteiger partial charge in [0, 0.05) is 64.3 Å². The fraction of sp³-hybridized carbons (Fsp3) is 0.667. The lowest BCUT2D eigenvalue weighted by atomic mass is 10.3. The fourth-order valence-electron chi connectivity index (χ4n) is 3.50. The Morgan fingerprint density at radius 2 is 1.68 bits per heavy atom. The van der Waals surface area contributed by atoms with Gasteiger partial charge in [-0.05, 0) is 26.2 Å². The Morgan fingerprint density at radius 1 is 1.04 bits per heavy atom. The summed E-state index contributed by atoms with van der Waals surface area (Å²) in [7, 11) is -1.65. The van der Waals surface area contributed by atoms with Crippen LogP contribution in [0.2, 0.25) is 0 Å². The minimum Gasteiger partial charge on any atom is -0.478 e. The Morgan fingerprint density at radius 3 is 2.39 bits per heavy atom. The van der Waals surface area contributed by atoms with Gasteiger partial charge in [-0.3, -0.25) is 9.59 Å². The van der Waals surface area contributed by atoms with E-state index in [9.17, 15) is 18.0 Å². The maximum Gasteiger partial charge on any atom is 0.282 e. The van der Waals surface area contributed by atoms with Crippen LogP contribution in [-0.2, 0) is 22.1 Å². The summed E-state index contributed by atoms with van der Waals surface area (Å²) < 4.78 is 35.6. The number of nitrogens with zero attached hydrogens (tertiary/aromatic N) is 4. The summed E-state index contributed by atoms with van der Waals surface area (Å²) in [5.41, 5.74) is 0.539. The van der Waals surface area contributed by atoms with Crippen LogP contribution in [0.1, 0.15) is 25.0 Å². The molecule has 0 radical (unpaired) electrons. The number of pyridine rings is 1. The third-order valence-electron chi connectivity index (χ3n) is 5.33. The van der Waals surface area contributed by atoms with E-state index in [1.54, 1.807) is 22.7 Å². The first-order chi connectivity index (χ1) is 13.3. The Hall–Kier alpha value is -1.91. The first kappa shape index (κ1) is 20.8. The van der Waals surface area contributed by atoms with E-state index in [1.807, 2.05) is 6.92 Å². The van der Waals surface area contributed by atoms with Gasteiger partial charge in [0.1, 0.15) is 0 Å². The van der Waals surface area contributed by atoms with Crippen molar-refractivity contribution in [3.8, 4) is 5.75 Å². The molecule has 0 N–H and O–H groups in total. The Labute approximate surface area is 165 Å². The number of aromatic nitrogens is 1. The zero-order chi connectivity index (χ0) is 20.3. The number of amides is 1. The van der Waals surface area contributed by atoms with Crippen LogP contribution < -0.4 is 10.2 Å². The predicted molar refractivity (Wildman–Crippen MR) is 104 cm³/mol. The van der Waals surface area contributed by atoms with Crippen molar-refractivity contribution in [3.63, 3.8) is 0 Å². The van der Waals surface area contributed by atoms with Crippen LogP contribution in [0.15, 0.2) is 17.1 Å². The highest BCUT2D eigenvalue weighted by Crippen LogP contribution is 2.18. The fourth-order valence-corrected chi connectivity index (χ4v) is 5.22. The van der Waals surface area contributed by atoms with Gasteiger partial charge in [-0.15, -0.1) is 0 Å². The highest BCUT2D eigenvalue weighted by Gasteiger charge is 2.33. The van der Waals surface area contributed by atoms with Crippen LogP contribution in [0.5, 0.6) is 5.75 Å². The molecule has 1 aromatic heterocycles. The Balaban J connectivity index is 1.57. The van der Waals surface area contributed by atoms with Crippen molar-refractivity contribution in [1.82, 2.24) is 18.1 Å². The molecular weight excluding hydrogens is 384 g/mol. The molecule has 0 bridgehead atoms. The van der Waals surface area contributed by atoms with Gasteiger partial charge >= 0.3 is 0 Å². The number of hydrogen-bond donors (Lipinski definition) is 0. The highest BCUT2D eigenvalue weighted by atomic mass is 32.2. The molecule has 0 atom stereocenters. The zero-order valence-corrected chi connectivity index (χ0v) is 17.3. The van der Waals surface area contributed by atoms with Crippen molar-refractivity contribution in [2.45, 2.75) is 26.2 Å². The second-order valence-corrected chi connectivity index (χ2v) is 9.22. The highest BCUT2D eigenvalue weighted by molar-refractivity contribution is 7.86. The molecule has 28 heavy (non-hydrogen) atoms. The number of carbonyl (C=O) groups is 1. The molecule has 0 saturated carbocycles. The van der Waals surface area contributed by atoms with Gasteiger partial charge in [0.2, 0.25) is 5.43 Å². The molecule has 156 valence electrons. The van der Waals surface area contributed by atoms with E-state index in [0.29, 0.717) is 39.1 Å². The monoisotopic (exact) mass is 412 g/mol. The van der Waals surface area contributed by atoms with Gasteiger partial charge in [0.25, 0.3) is 16.1 Å². The number of hydrogen-bond acceptors (Lipinski definition) is 5. The molecule has 9 nitrogen and oxygen atoms in total. The van der Waals surface area contributed by atoms with E-state index in [-0.39, 0.29) is 30.2 Å². The van der Waals surface area contributed by atoms with Crippen LogP contribution >= 0.6 is 0 Å². The van der Waals surface area contributed by atoms with Crippen molar-refractivity contribution >= 4 is 16.1 Å². The first-order valence-corrected chi connectivity index (χ1v) is 11.0. The second-order valence-electron chi connectivity index (χ2n) is 7.29. The van der Waals surface area contributed by atoms with Crippen molar-refractivity contribution < 1.29 is 17.9 Å². The summed E-state index contributed by atoms with van der Waals surface area (Å²) >= 11 is 0. The maximum atomic E-state index is 12.7. The molecular formula is C18H28N4O5S. The quantitative estimate of drug-likeness (QED) is 0.676. The van der Waals surface area contributed by atoms with Gasteiger partial charge < -0.3 is 14.2 Å². The second kappa shape index (κ2) is 8.62. The minimum atomic E-state index is -3.45. The van der Waals surface area contributed by atoms with E-state index in [2.05, 4.69) is 0 Å². The topological polar surface area (TPSA) is 92.2 Å². The van der Waals surface area contributed by atoms with Crippen LogP contribution in [0.3, 0.4) is 0 Å². The molecule has 2 aliphatic rings. The normalized spacial score (nSPS) is 19.6. The van der Waals surface area contributed by atoms with Gasteiger partial charge in [-0.1, -0.05) is 0 Å². The summed E-state index contributed by atoms with van der Waals surface area (Å²) in [6.07, 6.45) is 3.93.